The molecule has 3 nitrogen and oxygen atoms in total. The summed E-state index contributed by atoms with van der Waals surface area (Å²) in [4.78, 5) is 29.8. The van der Waals surface area contributed by atoms with Crippen LogP contribution in [0.2, 0.25) is 0 Å². The van der Waals surface area contributed by atoms with E-state index in [2.05, 4.69) is 0 Å². The fourth-order valence-electron chi connectivity index (χ4n) is 0.647. The Morgan fingerprint density at radius 1 is 1.10 bits per heavy atom. The van der Waals surface area contributed by atoms with Crippen LogP contribution in [0.4, 0.5) is 0 Å². The highest BCUT2D eigenvalue weighted by Gasteiger charge is 2.04. The van der Waals surface area contributed by atoms with Crippen molar-refractivity contribution in [2.75, 3.05) is 0 Å². The first-order valence-electron chi connectivity index (χ1n) is 3.17. The number of rotatable bonds is 6. The van der Waals surface area contributed by atoms with Gasteiger partial charge in [-0.3, -0.25) is 0 Å². The predicted molar refractivity (Wildman–Crippen MR) is 35.5 cm³/mol. The van der Waals surface area contributed by atoms with Gasteiger partial charge in [0.05, 0.1) is 0 Å². The predicted octanol–water partition coefficient (Wildman–Crippen LogP) is 0.370. The van der Waals surface area contributed by atoms with Gasteiger partial charge in [0.2, 0.25) is 0 Å². The molecule has 0 rings (SSSR count). The Morgan fingerprint density at radius 3 is 2.20 bits per heavy atom. The van der Waals surface area contributed by atoms with Crippen molar-refractivity contribution in [2.45, 2.75) is 19.3 Å². The molecule has 0 saturated heterocycles. The molecule has 0 aliphatic carbocycles. The second-order valence-electron chi connectivity index (χ2n) is 2.04. The van der Waals surface area contributed by atoms with E-state index in [4.69, 9.17) is 0 Å². The van der Waals surface area contributed by atoms with Crippen molar-refractivity contribution in [3.05, 3.63) is 0 Å². The molecule has 0 saturated carbocycles. The van der Waals surface area contributed by atoms with Crippen LogP contribution in [0, 0.1) is 5.92 Å². The largest absolute Gasteiger partial charge is 0.303 e. The van der Waals surface area contributed by atoms with Crippen molar-refractivity contribution in [1.29, 1.82) is 0 Å². The highest BCUT2D eigenvalue weighted by atomic mass is 16.1. The Bertz CT molecular complexity index is 120. The van der Waals surface area contributed by atoms with E-state index >= 15 is 0 Å². The number of hydrogen-bond acceptors (Lipinski definition) is 3. The second kappa shape index (κ2) is 6.13. The van der Waals surface area contributed by atoms with Gasteiger partial charge in [-0.25, -0.2) is 0 Å². The maximum atomic E-state index is 10.1. The molecule has 0 spiro atoms. The summed E-state index contributed by atoms with van der Waals surface area (Å²) in [7, 11) is 0. The van der Waals surface area contributed by atoms with Gasteiger partial charge in [-0.1, -0.05) is 0 Å². The van der Waals surface area contributed by atoms with Gasteiger partial charge in [0.15, 0.2) is 0 Å². The fraction of sp³-hybridized carbons (Fsp3) is 0.571. The molecule has 0 amide bonds. The molecule has 3 heteroatoms. The van der Waals surface area contributed by atoms with Gasteiger partial charge >= 0.3 is 0 Å². The van der Waals surface area contributed by atoms with Crippen LogP contribution in [0.1, 0.15) is 19.3 Å². The standard InChI is InChI=1S/C7H10O3/c8-4-1-2-7(6-10)3-5-9/h4-7H,1-3H2. The molecule has 0 aromatic carbocycles. The molecule has 1 atom stereocenters. The van der Waals surface area contributed by atoms with E-state index in [9.17, 15) is 14.4 Å². The normalized spacial score (nSPS) is 12.0. The third kappa shape index (κ3) is 3.95. The molecule has 56 valence electrons. The summed E-state index contributed by atoms with van der Waals surface area (Å²) in [6.45, 7) is 0. The molecule has 0 aliphatic rings. The molecule has 0 heterocycles. The van der Waals surface area contributed by atoms with Crippen LogP contribution in [0.25, 0.3) is 0 Å². The van der Waals surface area contributed by atoms with Crippen molar-refractivity contribution in [3.8, 4) is 0 Å². The summed E-state index contributed by atoms with van der Waals surface area (Å²) >= 11 is 0. The highest BCUT2D eigenvalue weighted by Crippen LogP contribution is 2.04. The molecule has 0 fully saturated rings. The number of carbonyl (C=O) groups is 3. The average Bonchev–Trinajstić information content (AvgIpc) is 1.98. The fourth-order valence-corrected chi connectivity index (χ4v) is 0.647. The molecule has 1 unspecified atom stereocenters. The molecule has 0 aromatic rings. The van der Waals surface area contributed by atoms with Crippen LogP contribution in [0.3, 0.4) is 0 Å². The highest BCUT2D eigenvalue weighted by molar-refractivity contribution is 5.62. The van der Waals surface area contributed by atoms with E-state index in [0.717, 1.165) is 12.6 Å². The average molecular weight is 142 g/mol. The lowest BCUT2D eigenvalue weighted by Crippen LogP contribution is -2.02. The molecule has 0 aliphatic heterocycles. The molecular formula is C7H10O3. The van der Waals surface area contributed by atoms with E-state index in [0.29, 0.717) is 19.1 Å². The van der Waals surface area contributed by atoms with Crippen molar-refractivity contribution in [2.24, 2.45) is 5.92 Å². The number of hydrogen-bond donors (Lipinski definition) is 0. The van der Waals surface area contributed by atoms with E-state index in [-0.39, 0.29) is 12.3 Å². The minimum absolute atomic E-state index is 0.233. The van der Waals surface area contributed by atoms with Gasteiger partial charge in [-0.15, -0.1) is 0 Å². The van der Waals surface area contributed by atoms with Crippen molar-refractivity contribution in [1.82, 2.24) is 0 Å². The SMILES string of the molecule is O=CCCC(C=O)CC=O. The minimum Gasteiger partial charge on any atom is -0.303 e. The van der Waals surface area contributed by atoms with Gasteiger partial charge < -0.3 is 14.4 Å². The maximum absolute atomic E-state index is 10.1. The van der Waals surface area contributed by atoms with Crippen molar-refractivity contribution < 1.29 is 14.4 Å². The first-order chi connectivity index (χ1) is 4.85. The molecule has 0 radical (unpaired) electrons. The Kier molecular flexibility index (Phi) is 5.53. The van der Waals surface area contributed by atoms with E-state index < -0.39 is 0 Å². The first kappa shape index (κ1) is 9.01. The lowest BCUT2D eigenvalue weighted by Gasteiger charge is -2.00. The topological polar surface area (TPSA) is 51.2 Å². The molecule has 10 heavy (non-hydrogen) atoms. The van der Waals surface area contributed by atoms with Crippen LogP contribution < -0.4 is 0 Å². The Balaban J connectivity index is 3.47. The van der Waals surface area contributed by atoms with Crippen LogP contribution in [0.15, 0.2) is 0 Å². The van der Waals surface area contributed by atoms with Crippen LogP contribution in [0.5, 0.6) is 0 Å². The zero-order valence-electron chi connectivity index (χ0n) is 5.66. The Morgan fingerprint density at radius 2 is 1.80 bits per heavy atom. The first-order valence-corrected chi connectivity index (χ1v) is 3.17. The van der Waals surface area contributed by atoms with Gasteiger partial charge in [0.1, 0.15) is 18.9 Å². The lowest BCUT2D eigenvalue weighted by molar-refractivity contribution is -0.116. The lowest BCUT2D eigenvalue weighted by atomic mass is 10.0. The summed E-state index contributed by atoms with van der Waals surface area (Å²) < 4.78 is 0. The van der Waals surface area contributed by atoms with E-state index in [1.54, 1.807) is 0 Å². The summed E-state index contributed by atoms with van der Waals surface area (Å²) in [6, 6.07) is 0. The Hall–Kier alpha value is -0.990. The third-order valence-corrected chi connectivity index (χ3v) is 1.25. The summed E-state index contributed by atoms with van der Waals surface area (Å²) in [5, 5.41) is 0. The number of aldehydes is 3. The molecular weight excluding hydrogens is 132 g/mol. The maximum Gasteiger partial charge on any atom is 0.123 e. The summed E-state index contributed by atoms with van der Waals surface area (Å²) in [5.41, 5.74) is 0. The minimum atomic E-state index is -0.261. The van der Waals surface area contributed by atoms with Crippen LogP contribution in [-0.2, 0) is 14.4 Å². The Labute approximate surface area is 59.4 Å². The number of carbonyl (C=O) groups excluding carboxylic acids is 3. The van der Waals surface area contributed by atoms with E-state index in [1.807, 2.05) is 0 Å². The summed E-state index contributed by atoms with van der Waals surface area (Å²) in [5.74, 6) is -0.261. The monoisotopic (exact) mass is 142 g/mol. The third-order valence-electron chi connectivity index (χ3n) is 1.25. The molecule has 0 N–H and O–H groups in total. The van der Waals surface area contributed by atoms with Crippen LogP contribution in [-0.4, -0.2) is 18.9 Å². The second-order valence-corrected chi connectivity index (χ2v) is 2.04. The van der Waals surface area contributed by atoms with Crippen molar-refractivity contribution >= 4 is 18.9 Å². The van der Waals surface area contributed by atoms with Gasteiger partial charge in [-0.05, 0) is 6.42 Å². The summed E-state index contributed by atoms with van der Waals surface area (Å²) in [6.07, 6.45) is 3.25. The molecule has 0 bridgehead atoms. The van der Waals surface area contributed by atoms with Crippen LogP contribution >= 0.6 is 0 Å². The van der Waals surface area contributed by atoms with Crippen molar-refractivity contribution in [3.63, 3.8) is 0 Å². The van der Waals surface area contributed by atoms with Gasteiger partial charge in [0.25, 0.3) is 0 Å². The quantitative estimate of drug-likeness (QED) is 0.503. The van der Waals surface area contributed by atoms with Gasteiger partial charge in [-0.2, -0.15) is 0 Å². The zero-order chi connectivity index (χ0) is 7.82. The molecule has 0 aromatic heterocycles. The van der Waals surface area contributed by atoms with Gasteiger partial charge in [0, 0.05) is 18.8 Å². The smallest absolute Gasteiger partial charge is 0.123 e. The zero-order valence-corrected chi connectivity index (χ0v) is 5.66. The van der Waals surface area contributed by atoms with E-state index in [1.165, 1.54) is 0 Å².